The van der Waals surface area contributed by atoms with Crippen molar-refractivity contribution in [1.82, 2.24) is 4.98 Å². The molecule has 26 heavy (non-hydrogen) atoms. The molecule has 2 heterocycles. The highest BCUT2D eigenvalue weighted by atomic mass is 16.2. The van der Waals surface area contributed by atoms with E-state index < -0.39 is 17.7 Å². The first kappa shape index (κ1) is 15.7. The van der Waals surface area contributed by atoms with E-state index in [1.165, 1.54) is 18.2 Å². The molecule has 1 aliphatic rings. The van der Waals surface area contributed by atoms with E-state index in [-0.39, 0.29) is 16.7 Å². The van der Waals surface area contributed by atoms with Crippen LogP contribution in [-0.4, -0.2) is 22.7 Å². The number of anilines is 2. The molecule has 0 fully saturated rings. The largest absolute Gasteiger partial charge is 0.307 e. The van der Waals surface area contributed by atoms with E-state index in [4.69, 9.17) is 0 Å². The Morgan fingerprint density at radius 3 is 2.31 bits per heavy atom. The Morgan fingerprint density at radius 1 is 0.846 bits per heavy atom. The van der Waals surface area contributed by atoms with Gasteiger partial charge < -0.3 is 5.32 Å². The highest BCUT2D eigenvalue weighted by Crippen LogP contribution is 2.29. The van der Waals surface area contributed by atoms with Crippen molar-refractivity contribution in [3.63, 3.8) is 0 Å². The van der Waals surface area contributed by atoms with Crippen molar-refractivity contribution >= 4 is 29.2 Å². The second-order valence-corrected chi connectivity index (χ2v) is 5.71. The molecule has 0 unspecified atom stereocenters. The first-order valence-electron chi connectivity index (χ1n) is 7.95. The molecule has 0 saturated heterocycles. The van der Waals surface area contributed by atoms with E-state index in [9.17, 15) is 14.4 Å². The third-order valence-electron chi connectivity index (χ3n) is 4.07. The number of hydrogen-bond acceptors (Lipinski definition) is 4. The maximum atomic E-state index is 12.7. The summed E-state index contributed by atoms with van der Waals surface area (Å²) in [6, 6.07) is 18.3. The summed E-state index contributed by atoms with van der Waals surface area (Å²) in [7, 11) is 0. The minimum absolute atomic E-state index is 0.215. The molecule has 0 bridgehead atoms. The molecule has 6 heteroatoms. The summed E-state index contributed by atoms with van der Waals surface area (Å²) in [6.07, 6.45) is 1.57. The first-order chi connectivity index (χ1) is 12.6. The molecule has 4 rings (SSSR count). The number of hydrogen-bond donors (Lipinski definition) is 1. The number of imide groups is 1. The fraction of sp³-hybridized carbons (Fsp3) is 0. The van der Waals surface area contributed by atoms with Crippen LogP contribution in [-0.2, 0) is 0 Å². The third kappa shape index (κ3) is 2.63. The highest BCUT2D eigenvalue weighted by molar-refractivity contribution is 6.34. The number of amides is 3. The van der Waals surface area contributed by atoms with Crippen LogP contribution in [0, 0.1) is 0 Å². The number of benzene rings is 2. The quantitative estimate of drug-likeness (QED) is 0.741. The third-order valence-corrected chi connectivity index (χ3v) is 4.07. The number of carbonyl (C=O) groups excluding carboxylic acids is 3. The van der Waals surface area contributed by atoms with E-state index >= 15 is 0 Å². The molecule has 6 nitrogen and oxygen atoms in total. The Morgan fingerprint density at radius 2 is 1.58 bits per heavy atom. The number of nitrogens with zero attached hydrogens (tertiary/aromatic N) is 2. The number of nitrogens with one attached hydrogen (secondary N) is 1. The number of para-hydroxylation sites is 1. The van der Waals surface area contributed by atoms with Gasteiger partial charge in [-0.1, -0.05) is 24.3 Å². The van der Waals surface area contributed by atoms with Crippen LogP contribution >= 0.6 is 0 Å². The van der Waals surface area contributed by atoms with Crippen LogP contribution in [0.15, 0.2) is 72.9 Å². The van der Waals surface area contributed by atoms with Gasteiger partial charge in [0.25, 0.3) is 17.7 Å². The Hall–Kier alpha value is -3.80. The summed E-state index contributed by atoms with van der Waals surface area (Å²) in [4.78, 5) is 42.8. The molecule has 1 aliphatic heterocycles. The summed E-state index contributed by atoms with van der Waals surface area (Å²) < 4.78 is 0. The zero-order valence-electron chi connectivity index (χ0n) is 13.5. The number of aromatic nitrogens is 1. The standard InChI is InChI=1S/C20H13N3O3/c24-18(22-17-8-4-5-11-21-17)13-9-10-15-16(12-13)20(26)23(19(15)25)14-6-2-1-3-7-14/h1-12H,(H,21,22,24). The summed E-state index contributed by atoms with van der Waals surface area (Å²) >= 11 is 0. The lowest BCUT2D eigenvalue weighted by Crippen LogP contribution is -2.29. The molecule has 0 aliphatic carbocycles. The molecular weight excluding hydrogens is 330 g/mol. The predicted octanol–water partition coefficient (Wildman–Crippen LogP) is 3.13. The molecule has 1 N–H and O–H groups in total. The summed E-state index contributed by atoms with van der Waals surface area (Å²) in [5.41, 5.74) is 1.28. The van der Waals surface area contributed by atoms with E-state index in [0.717, 1.165) is 4.90 Å². The van der Waals surface area contributed by atoms with E-state index in [1.54, 1.807) is 48.7 Å². The molecule has 0 saturated carbocycles. The van der Waals surface area contributed by atoms with E-state index in [2.05, 4.69) is 10.3 Å². The fourth-order valence-corrected chi connectivity index (χ4v) is 2.82. The number of pyridine rings is 1. The zero-order valence-corrected chi connectivity index (χ0v) is 13.5. The van der Waals surface area contributed by atoms with Crippen molar-refractivity contribution in [2.24, 2.45) is 0 Å². The first-order valence-corrected chi connectivity index (χ1v) is 7.95. The summed E-state index contributed by atoms with van der Waals surface area (Å²) in [5, 5.41) is 2.66. The van der Waals surface area contributed by atoms with Crippen LogP contribution in [0.2, 0.25) is 0 Å². The van der Waals surface area contributed by atoms with Crippen LogP contribution in [0.3, 0.4) is 0 Å². The Kier molecular flexibility index (Phi) is 3.78. The van der Waals surface area contributed by atoms with Crippen molar-refractivity contribution in [1.29, 1.82) is 0 Å². The molecule has 0 spiro atoms. The molecule has 0 radical (unpaired) electrons. The Labute approximate surface area is 149 Å². The van der Waals surface area contributed by atoms with Gasteiger partial charge >= 0.3 is 0 Å². The van der Waals surface area contributed by atoms with Crippen molar-refractivity contribution < 1.29 is 14.4 Å². The minimum Gasteiger partial charge on any atom is -0.307 e. The monoisotopic (exact) mass is 343 g/mol. The van der Waals surface area contributed by atoms with Gasteiger partial charge in [-0.25, -0.2) is 9.88 Å². The van der Waals surface area contributed by atoms with Gasteiger partial charge in [-0.05, 0) is 42.5 Å². The number of rotatable bonds is 3. The SMILES string of the molecule is O=C(Nc1ccccn1)c1ccc2c(c1)C(=O)N(c1ccccc1)C2=O. The van der Waals surface area contributed by atoms with Gasteiger partial charge in [-0.3, -0.25) is 14.4 Å². The molecule has 0 atom stereocenters. The van der Waals surface area contributed by atoms with Gasteiger partial charge in [-0.15, -0.1) is 0 Å². The van der Waals surface area contributed by atoms with E-state index in [0.29, 0.717) is 11.5 Å². The normalized spacial score (nSPS) is 12.8. The number of carbonyl (C=O) groups is 3. The lowest BCUT2D eigenvalue weighted by atomic mass is 10.1. The van der Waals surface area contributed by atoms with Crippen LogP contribution in [0.5, 0.6) is 0 Å². The van der Waals surface area contributed by atoms with Gasteiger partial charge in [-0.2, -0.15) is 0 Å². The summed E-state index contributed by atoms with van der Waals surface area (Å²) in [5.74, 6) is -0.826. The van der Waals surface area contributed by atoms with Crippen molar-refractivity contribution in [2.75, 3.05) is 10.2 Å². The average Bonchev–Trinajstić information content (AvgIpc) is 2.93. The van der Waals surface area contributed by atoms with Crippen LogP contribution < -0.4 is 10.2 Å². The fourth-order valence-electron chi connectivity index (χ4n) is 2.82. The van der Waals surface area contributed by atoms with Gasteiger partial charge in [0.1, 0.15) is 5.82 Å². The maximum Gasteiger partial charge on any atom is 0.266 e. The summed E-state index contributed by atoms with van der Waals surface area (Å²) in [6.45, 7) is 0. The maximum absolute atomic E-state index is 12.7. The number of fused-ring (bicyclic) bond motifs is 1. The van der Waals surface area contributed by atoms with Crippen LogP contribution in [0.25, 0.3) is 0 Å². The van der Waals surface area contributed by atoms with Gasteiger partial charge in [0.15, 0.2) is 0 Å². The Balaban J connectivity index is 1.65. The van der Waals surface area contributed by atoms with Crippen molar-refractivity contribution in [2.45, 2.75) is 0 Å². The lowest BCUT2D eigenvalue weighted by Gasteiger charge is -2.13. The zero-order chi connectivity index (χ0) is 18.1. The molecule has 3 amide bonds. The van der Waals surface area contributed by atoms with Crippen LogP contribution in [0.1, 0.15) is 31.1 Å². The average molecular weight is 343 g/mol. The molecular formula is C20H13N3O3. The molecule has 126 valence electrons. The molecule has 1 aromatic heterocycles. The van der Waals surface area contributed by atoms with Crippen LogP contribution in [0.4, 0.5) is 11.5 Å². The minimum atomic E-state index is -0.441. The predicted molar refractivity (Wildman–Crippen MR) is 96.2 cm³/mol. The molecule has 2 aromatic carbocycles. The van der Waals surface area contributed by atoms with Crippen molar-refractivity contribution in [3.05, 3.63) is 89.6 Å². The van der Waals surface area contributed by atoms with E-state index in [1.807, 2.05) is 6.07 Å². The lowest BCUT2D eigenvalue weighted by molar-refractivity contribution is 0.0925. The van der Waals surface area contributed by atoms with Gasteiger partial charge in [0, 0.05) is 11.8 Å². The second kappa shape index (κ2) is 6.25. The highest BCUT2D eigenvalue weighted by Gasteiger charge is 2.37. The Bertz CT molecular complexity index is 1020. The smallest absolute Gasteiger partial charge is 0.266 e. The van der Waals surface area contributed by atoms with Crippen molar-refractivity contribution in [3.8, 4) is 0 Å². The van der Waals surface area contributed by atoms with Gasteiger partial charge in [0.05, 0.1) is 16.8 Å². The molecule has 3 aromatic rings. The topological polar surface area (TPSA) is 79.4 Å². The second-order valence-electron chi connectivity index (χ2n) is 5.71. The van der Waals surface area contributed by atoms with Gasteiger partial charge in [0.2, 0.25) is 0 Å².